The van der Waals surface area contributed by atoms with Crippen LogP contribution >= 0.6 is 0 Å². The third kappa shape index (κ3) is 2.04. The predicted molar refractivity (Wildman–Crippen MR) is 42.3 cm³/mol. The third-order valence-electron chi connectivity index (χ3n) is 1.61. The molecule has 0 atom stereocenters. The van der Waals surface area contributed by atoms with Crippen molar-refractivity contribution in [2.24, 2.45) is 5.90 Å². The molecule has 0 spiro atoms. The number of carbonyl (C=O) groups is 1. The molecule has 1 rings (SSSR count). The summed E-state index contributed by atoms with van der Waals surface area (Å²) < 4.78 is 25.7. The van der Waals surface area contributed by atoms with E-state index < -0.39 is 23.2 Å². The normalized spacial score (nSPS) is 10.2. The van der Waals surface area contributed by atoms with Crippen LogP contribution in [0.5, 0.6) is 0 Å². The maximum atomic E-state index is 12.9. The molecule has 76 valence electrons. The average molecular weight is 203 g/mol. The predicted octanol–water partition coefficient (Wildman–Crippen LogP) is 1.05. The van der Waals surface area contributed by atoms with E-state index >= 15 is 0 Å². The van der Waals surface area contributed by atoms with Gasteiger partial charge in [-0.05, 0) is 6.07 Å². The van der Waals surface area contributed by atoms with Crippen molar-refractivity contribution in [2.75, 3.05) is 0 Å². The highest BCUT2D eigenvalue weighted by Crippen LogP contribution is 2.15. The van der Waals surface area contributed by atoms with Crippen molar-refractivity contribution in [1.82, 2.24) is 0 Å². The minimum atomic E-state index is -1.47. The molecule has 0 aromatic heterocycles. The Bertz CT molecular complexity index is 368. The van der Waals surface area contributed by atoms with E-state index in [-0.39, 0.29) is 12.2 Å². The Morgan fingerprint density at radius 1 is 1.43 bits per heavy atom. The molecule has 0 aliphatic rings. The molecular formula is C8H7F2NO3. The molecule has 0 heterocycles. The molecule has 0 saturated carbocycles. The van der Waals surface area contributed by atoms with E-state index in [9.17, 15) is 13.6 Å². The van der Waals surface area contributed by atoms with Crippen LogP contribution in [-0.2, 0) is 11.4 Å². The Morgan fingerprint density at radius 2 is 2.07 bits per heavy atom. The van der Waals surface area contributed by atoms with E-state index in [2.05, 4.69) is 10.7 Å². The van der Waals surface area contributed by atoms with Crippen molar-refractivity contribution in [3.63, 3.8) is 0 Å². The summed E-state index contributed by atoms with van der Waals surface area (Å²) in [7, 11) is 0. The average Bonchev–Trinajstić information content (AvgIpc) is 2.09. The zero-order chi connectivity index (χ0) is 10.7. The maximum Gasteiger partial charge on any atom is 0.338 e. The molecule has 4 nitrogen and oxygen atoms in total. The highest BCUT2D eigenvalue weighted by molar-refractivity contribution is 5.88. The highest BCUT2D eigenvalue weighted by atomic mass is 19.1. The van der Waals surface area contributed by atoms with Gasteiger partial charge in [-0.3, -0.25) is 4.84 Å². The lowest BCUT2D eigenvalue weighted by Crippen LogP contribution is -2.07. The van der Waals surface area contributed by atoms with Crippen LogP contribution in [0.15, 0.2) is 12.1 Å². The summed E-state index contributed by atoms with van der Waals surface area (Å²) in [5, 5.41) is 8.51. The van der Waals surface area contributed by atoms with Crippen molar-refractivity contribution in [3.8, 4) is 0 Å². The van der Waals surface area contributed by atoms with Crippen molar-refractivity contribution in [1.29, 1.82) is 0 Å². The van der Waals surface area contributed by atoms with E-state index in [4.69, 9.17) is 5.11 Å². The highest BCUT2D eigenvalue weighted by Gasteiger charge is 2.14. The molecule has 0 saturated heterocycles. The van der Waals surface area contributed by atoms with Crippen LogP contribution in [0.25, 0.3) is 0 Å². The Hall–Kier alpha value is -1.53. The molecule has 0 unspecified atom stereocenters. The molecule has 0 amide bonds. The summed E-state index contributed by atoms with van der Waals surface area (Å²) in [5.74, 6) is 1.19. The molecular weight excluding hydrogens is 196 g/mol. The topological polar surface area (TPSA) is 72.5 Å². The Labute approximate surface area is 77.9 Å². The van der Waals surface area contributed by atoms with Crippen LogP contribution in [0, 0.1) is 11.6 Å². The number of carboxylic acids is 1. The van der Waals surface area contributed by atoms with Gasteiger partial charge in [0.25, 0.3) is 0 Å². The fourth-order valence-electron chi connectivity index (χ4n) is 0.958. The van der Waals surface area contributed by atoms with Gasteiger partial charge >= 0.3 is 5.97 Å². The van der Waals surface area contributed by atoms with E-state index in [1.54, 1.807) is 0 Å². The minimum Gasteiger partial charge on any atom is -0.478 e. The number of halogens is 2. The van der Waals surface area contributed by atoms with E-state index in [0.29, 0.717) is 6.07 Å². The molecule has 6 heteroatoms. The van der Waals surface area contributed by atoms with Crippen LogP contribution in [0.2, 0.25) is 0 Å². The van der Waals surface area contributed by atoms with Gasteiger partial charge in [0.1, 0.15) is 11.6 Å². The van der Waals surface area contributed by atoms with Crippen LogP contribution < -0.4 is 5.90 Å². The first-order valence-electron chi connectivity index (χ1n) is 3.59. The van der Waals surface area contributed by atoms with Gasteiger partial charge in [0.2, 0.25) is 0 Å². The molecule has 0 fully saturated rings. The summed E-state index contributed by atoms with van der Waals surface area (Å²) in [4.78, 5) is 14.6. The van der Waals surface area contributed by atoms with Crippen molar-refractivity contribution in [2.45, 2.75) is 6.61 Å². The minimum absolute atomic E-state index is 0.105. The van der Waals surface area contributed by atoms with Gasteiger partial charge in [-0.15, -0.1) is 0 Å². The van der Waals surface area contributed by atoms with Gasteiger partial charge in [-0.25, -0.2) is 19.5 Å². The fourth-order valence-corrected chi connectivity index (χ4v) is 0.958. The van der Waals surface area contributed by atoms with Gasteiger partial charge in [-0.2, -0.15) is 0 Å². The van der Waals surface area contributed by atoms with Crippen LogP contribution in [0.4, 0.5) is 8.78 Å². The number of nitrogens with two attached hydrogens (primary N) is 1. The molecule has 0 aliphatic heterocycles. The first kappa shape index (κ1) is 10.6. The third-order valence-corrected chi connectivity index (χ3v) is 1.61. The molecule has 0 radical (unpaired) electrons. The molecule has 0 bridgehead atoms. The summed E-state index contributed by atoms with van der Waals surface area (Å²) in [6.45, 7) is -0.313. The lowest BCUT2D eigenvalue weighted by atomic mass is 10.1. The lowest BCUT2D eigenvalue weighted by Gasteiger charge is -2.03. The van der Waals surface area contributed by atoms with Crippen molar-refractivity contribution < 1.29 is 23.5 Å². The molecule has 3 N–H and O–H groups in total. The van der Waals surface area contributed by atoms with Crippen LogP contribution in [0.3, 0.4) is 0 Å². The Kier molecular flexibility index (Phi) is 3.10. The first-order chi connectivity index (χ1) is 6.56. The summed E-state index contributed by atoms with van der Waals surface area (Å²) in [5.41, 5.74) is -0.718. The lowest BCUT2D eigenvalue weighted by molar-refractivity contribution is 0.0691. The van der Waals surface area contributed by atoms with Crippen molar-refractivity contribution in [3.05, 3.63) is 34.9 Å². The van der Waals surface area contributed by atoms with Gasteiger partial charge in [0, 0.05) is 11.6 Å². The number of benzene rings is 1. The van der Waals surface area contributed by atoms with Crippen LogP contribution in [0.1, 0.15) is 15.9 Å². The SMILES string of the molecule is NOCc1cc(C(=O)O)c(F)cc1F. The van der Waals surface area contributed by atoms with E-state index in [1.807, 2.05) is 0 Å². The molecule has 1 aromatic carbocycles. The Morgan fingerprint density at radius 3 is 2.57 bits per heavy atom. The zero-order valence-corrected chi connectivity index (χ0v) is 6.96. The Balaban J connectivity index is 3.20. The summed E-state index contributed by atoms with van der Waals surface area (Å²) in [6.07, 6.45) is 0. The molecule has 0 aliphatic carbocycles. The van der Waals surface area contributed by atoms with E-state index in [1.165, 1.54) is 0 Å². The second-order valence-electron chi connectivity index (χ2n) is 2.54. The van der Waals surface area contributed by atoms with Crippen LogP contribution in [-0.4, -0.2) is 11.1 Å². The van der Waals surface area contributed by atoms with Gasteiger partial charge in [0.05, 0.1) is 12.2 Å². The maximum absolute atomic E-state index is 12.9. The largest absolute Gasteiger partial charge is 0.478 e. The second-order valence-corrected chi connectivity index (χ2v) is 2.54. The number of aromatic carboxylic acids is 1. The van der Waals surface area contributed by atoms with Gasteiger partial charge < -0.3 is 5.11 Å². The second kappa shape index (κ2) is 4.12. The number of rotatable bonds is 3. The van der Waals surface area contributed by atoms with Gasteiger partial charge in [0.15, 0.2) is 0 Å². The van der Waals surface area contributed by atoms with Gasteiger partial charge in [-0.1, -0.05) is 0 Å². The standard InChI is InChI=1S/C8H7F2NO3/c9-6-2-7(10)5(8(12)13)1-4(6)3-14-11/h1-2H,3,11H2,(H,12,13). The van der Waals surface area contributed by atoms with E-state index in [0.717, 1.165) is 6.07 Å². The monoisotopic (exact) mass is 203 g/mol. The quantitative estimate of drug-likeness (QED) is 0.720. The number of carboxylic acid groups (broad SMARTS) is 1. The number of hydrogen-bond donors (Lipinski definition) is 2. The zero-order valence-electron chi connectivity index (χ0n) is 6.96. The number of hydrogen-bond acceptors (Lipinski definition) is 3. The molecule has 14 heavy (non-hydrogen) atoms. The molecule has 1 aromatic rings. The summed E-state index contributed by atoms with van der Waals surface area (Å²) in [6, 6.07) is 1.33. The smallest absolute Gasteiger partial charge is 0.338 e. The first-order valence-corrected chi connectivity index (χ1v) is 3.59. The van der Waals surface area contributed by atoms with Crippen molar-refractivity contribution >= 4 is 5.97 Å². The summed E-state index contributed by atoms with van der Waals surface area (Å²) >= 11 is 0. The fraction of sp³-hybridized carbons (Fsp3) is 0.125.